The Hall–Kier alpha value is -2.29. The molecular weight excluding hydrogens is 303 g/mol. The van der Waals surface area contributed by atoms with Crippen LogP contribution in [0.2, 0.25) is 10.0 Å². The molecule has 2 rings (SSSR count). The van der Waals surface area contributed by atoms with Crippen LogP contribution in [0.5, 0.6) is 11.5 Å². The Kier molecular flexibility index (Phi) is 4.08. The van der Waals surface area contributed by atoms with E-state index in [0.717, 1.165) is 0 Å². The quantitative estimate of drug-likeness (QED) is 0.615. The molecule has 0 aliphatic carbocycles. The summed E-state index contributed by atoms with van der Waals surface area (Å²) in [7, 11) is 0. The maximum Gasteiger partial charge on any atom is 0.311 e. The number of benzene rings is 2. The first-order valence-electron chi connectivity index (χ1n) is 5.33. The highest BCUT2D eigenvalue weighted by molar-refractivity contribution is 6.32. The van der Waals surface area contributed by atoms with Gasteiger partial charge in [-0.3, -0.25) is 10.1 Å². The van der Waals surface area contributed by atoms with Crippen molar-refractivity contribution in [1.82, 2.24) is 0 Å². The Morgan fingerprint density at radius 3 is 2.60 bits per heavy atom. The van der Waals surface area contributed by atoms with Gasteiger partial charge in [-0.1, -0.05) is 29.3 Å². The third-order valence-corrected chi connectivity index (χ3v) is 2.98. The lowest BCUT2D eigenvalue weighted by atomic mass is 10.2. The topological polar surface area (TPSA) is 76.2 Å². The fourth-order valence-corrected chi connectivity index (χ4v) is 1.91. The van der Waals surface area contributed by atoms with Crippen LogP contribution < -0.4 is 4.74 Å². The van der Waals surface area contributed by atoms with Crippen LogP contribution in [0.3, 0.4) is 0 Å². The predicted octanol–water partition coefficient (Wildman–Crippen LogP) is 4.57. The van der Waals surface area contributed by atoms with Crippen LogP contribution in [0.25, 0.3) is 0 Å². The lowest BCUT2D eigenvalue weighted by Crippen LogP contribution is -1.95. The number of hydrogen-bond acceptors (Lipinski definition) is 4. The van der Waals surface area contributed by atoms with Crippen molar-refractivity contribution in [2.24, 2.45) is 0 Å². The molecule has 0 heterocycles. The number of ether oxygens (including phenoxy) is 1. The summed E-state index contributed by atoms with van der Waals surface area (Å²) in [5.41, 5.74) is -0.151. The molecule has 2 aromatic carbocycles. The average molecular weight is 309 g/mol. The van der Waals surface area contributed by atoms with Crippen LogP contribution in [-0.4, -0.2) is 4.92 Å². The van der Waals surface area contributed by atoms with E-state index in [0.29, 0.717) is 0 Å². The van der Waals surface area contributed by atoms with E-state index in [1.807, 2.05) is 6.07 Å². The van der Waals surface area contributed by atoms with Gasteiger partial charge in [-0.25, -0.2) is 0 Å². The molecule has 0 atom stereocenters. The summed E-state index contributed by atoms with van der Waals surface area (Å²) in [6.45, 7) is 0. The second-order valence-corrected chi connectivity index (χ2v) is 4.54. The molecule has 5 nitrogen and oxygen atoms in total. The Morgan fingerprint density at radius 2 is 1.95 bits per heavy atom. The minimum atomic E-state index is -0.595. The first-order chi connectivity index (χ1) is 9.52. The number of rotatable bonds is 3. The summed E-state index contributed by atoms with van der Waals surface area (Å²) < 4.78 is 5.42. The zero-order valence-corrected chi connectivity index (χ0v) is 11.4. The summed E-state index contributed by atoms with van der Waals surface area (Å²) in [6, 6.07) is 10.4. The monoisotopic (exact) mass is 308 g/mol. The molecular formula is C13H6Cl2N2O3. The van der Waals surface area contributed by atoms with Gasteiger partial charge in [0, 0.05) is 17.2 Å². The fourth-order valence-electron chi connectivity index (χ4n) is 1.54. The minimum absolute atomic E-state index is 0.0544. The SMILES string of the molecule is N#Cc1c(Cl)cccc1Oc1cc(Cl)ccc1[N+](=O)[O-]. The third kappa shape index (κ3) is 2.82. The Labute approximate surface area is 124 Å². The minimum Gasteiger partial charge on any atom is -0.449 e. The van der Waals surface area contributed by atoms with Gasteiger partial charge in [0.05, 0.1) is 9.95 Å². The van der Waals surface area contributed by atoms with E-state index < -0.39 is 4.92 Å². The second kappa shape index (κ2) is 5.78. The van der Waals surface area contributed by atoms with Crippen LogP contribution in [0.4, 0.5) is 5.69 Å². The maximum atomic E-state index is 10.9. The Morgan fingerprint density at radius 1 is 1.20 bits per heavy atom. The molecule has 0 saturated carbocycles. The average Bonchev–Trinajstić information content (AvgIpc) is 2.38. The van der Waals surface area contributed by atoms with Crippen molar-refractivity contribution in [2.45, 2.75) is 0 Å². The fraction of sp³-hybridized carbons (Fsp3) is 0. The smallest absolute Gasteiger partial charge is 0.311 e. The second-order valence-electron chi connectivity index (χ2n) is 3.70. The van der Waals surface area contributed by atoms with Crippen molar-refractivity contribution in [2.75, 3.05) is 0 Å². The normalized spacial score (nSPS) is 9.85. The molecule has 0 aliphatic rings. The number of nitro groups is 1. The lowest BCUT2D eigenvalue weighted by molar-refractivity contribution is -0.385. The van der Waals surface area contributed by atoms with E-state index in [9.17, 15) is 10.1 Å². The Bertz CT molecular complexity index is 726. The molecule has 0 saturated heterocycles. The van der Waals surface area contributed by atoms with Gasteiger partial charge in [-0.2, -0.15) is 5.26 Å². The van der Waals surface area contributed by atoms with E-state index in [-0.39, 0.29) is 32.8 Å². The molecule has 0 N–H and O–H groups in total. The van der Waals surface area contributed by atoms with E-state index in [1.54, 1.807) is 6.07 Å². The van der Waals surface area contributed by atoms with E-state index in [1.165, 1.54) is 30.3 Å². The van der Waals surface area contributed by atoms with E-state index in [2.05, 4.69) is 0 Å². The van der Waals surface area contributed by atoms with Crippen LogP contribution in [0.15, 0.2) is 36.4 Å². The van der Waals surface area contributed by atoms with Crippen LogP contribution in [0.1, 0.15) is 5.56 Å². The number of hydrogen-bond donors (Lipinski definition) is 0. The molecule has 0 spiro atoms. The van der Waals surface area contributed by atoms with Gasteiger partial charge in [0.2, 0.25) is 5.75 Å². The van der Waals surface area contributed by atoms with Gasteiger partial charge in [0.25, 0.3) is 0 Å². The molecule has 20 heavy (non-hydrogen) atoms. The van der Waals surface area contributed by atoms with E-state index >= 15 is 0 Å². The highest BCUT2D eigenvalue weighted by Gasteiger charge is 2.18. The lowest BCUT2D eigenvalue weighted by Gasteiger charge is -2.08. The molecule has 0 bridgehead atoms. The molecule has 0 aromatic heterocycles. The molecule has 0 fully saturated rings. The number of nitriles is 1. The number of nitrogens with zero attached hydrogens (tertiary/aromatic N) is 2. The predicted molar refractivity (Wildman–Crippen MR) is 74.3 cm³/mol. The van der Waals surface area contributed by atoms with Gasteiger partial charge in [-0.15, -0.1) is 0 Å². The first kappa shape index (κ1) is 14.1. The molecule has 7 heteroatoms. The highest BCUT2D eigenvalue weighted by atomic mass is 35.5. The van der Waals surface area contributed by atoms with Gasteiger partial charge in [-0.05, 0) is 18.2 Å². The number of halogens is 2. The van der Waals surface area contributed by atoms with Gasteiger partial charge >= 0.3 is 5.69 Å². The standard InChI is InChI=1S/C13H6Cl2N2O3/c14-8-4-5-11(17(18)19)13(6-8)20-12-3-1-2-10(15)9(12)7-16/h1-6H. The maximum absolute atomic E-state index is 10.9. The van der Waals surface area contributed by atoms with Gasteiger partial charge < -0.3 is 4.74 Å². The van der Waals surface area contributed by atoms with Crippen molar-refractivity contribution in [3.63, 3.8) is 0 Å². The van der Waals surface area contributed by atoms with Crippen molar-refractivity contribution in [1.29, 1.82) is 5.26 Å². The van der Waals surface area contributed by atoms with Gasteiger partial charge in [0.15, 0.2) is 0 Å². The van der Waals surface area contributed by atoms with Crippen molar-refractivity contribution >= 4 is 28.9 Å². The molecule has 0 aliphatic heterocycles. The summed E-state index contributed by atoms with van der Waals surface area (Å²) in [6.07, 6.45) is 0. The summed E-state index contributed by atoms with van der Waals surface area (Å²) in [5.74, 6) is 0.0756. The molecule has 2 aromatic rings. The molecule has 0 unspecified atom stereocenters. The van der Waals surface area contributed by atoms with Crippen molar-refractivity contribution in [3.8, 4) is 17.6 Å². The summed E-state index contributed by atoms with van der Waals surface area (Å²) in [5, 5.41) is 20.5. The zero-order chi connectivity index (χ0) is 14.7. The zero-order valence-electron chi connectivity index (χ0n) is 9.84. The summed E-state index contributed by atoms with van der Waals surface area (Å²) >= 11 is 11.7. The largest absolute Gasteiger partial charge is 0.449 e. The van der Waals surface area contributed by atoms with Gasteiger partial charge in [0.1, 0.15) is 17.4 Å². The van der Waals surface area contributed by atoms with Crippen LogP contribution in [-0.2, 0) is 0 Å². The van der Waals surface area contributed by atoms with Crippen LogP contribution >= 0.6 is 23.2 Å². The number of nitro benzene ring substituents is 1. The molecule has 0 radical (unpaired) electrons. The highest BCUT2D eigenvalue weighted by Crippen LogP contribution is 2.36. The van der Waals surface area contributed by atoms with E-state index in [4.69, 9.17) is 33.2 Å². The summed E-state index contributed by atoms with van der Waals surface area (Å²) in [4.78, 5) is 10.3. The third-order valence-electron chi connectivity index (χ3n) is 2.43. The molecule has 100 valence electrons. The van der Waals surface area contributed by atoms with Crippen molar-refractivity contribution < 1.29 is 9.66 Å². The van der Waals surface area contributed by atoms with Crippen molar-refractivity contribution in [3.05, 3.63) is 62.1 Å². The van der Waals surface area contributed by atoms with Crippen LogP contribution in [0, 0.1) is 21.4 Å². The molecule has 0 amide bonds. The Balaban J connectivity index is 2.51. The first-order valence-corrected chi connectivity index (χ1v) is 6.09.